The maximum absolute atomic E-state index is 12.9. The average Bonchev–Trinajstić information content (AvgIpc) is 3.50. The van der Waals surface area contributed by atoms with E-state index in [1.165, 1.54) is 22.2 Å². The molecule has 0 aliphatic heterocycles. The molecule has 0 bridgehead atoms. The van der Waals surface area contributed by atoms with Crippen LogP contribution >= 0.6 is 11.3 Å². The molecule has 0 spiro atoms. The third-order valence-corrected chi connectivity index (χ3v) is 5.80. The van der Waals surface area contributed by atoms with Crippen molar-refractivity contribution in [2.75, 3.05) is 0 Å². The van der Waals surface area contributed by atoms with Gasteiger partial charge in [-0.05, 0) is 54.8 Å². The largest absolute Gasteiger partial charge is 0.455 e. The summed E-state index contributed by atoms with van der Waals surface area (Å²) >= 11 is 1.52. The smallest absolute Gasteiger partial charge is 0.338 e. The van der Waals surface area contributed by atoms with Gasteiger partial charge in [0.15, 0.2) is 0 Å². The molecule has 2 aromatic carbocycles. The number of thiophene rings is 1. The summed E-state index contributed by atoms with van der Waals surface area (Å²) in [7, 11) is 0. The van der Waals surface area contributed by atoms with Gasteiger partial charge in [-0.25, -0.2) is 14.8 Å². The molecule has 0 amide bonds. The molecule has 0 N–H and O–H groups in total. The van der Waals surface area contributed by atoms with Crippen molar-refractivity contribution in [1.29, 1.82) is 0 Å². The Labute approximate surface area is 186 Å². The second-order valence-corrected chi connectivity index (χ2v) is 8.01. The van der Waals surface area contributed by atoms with Gasteiger partial charge in [0.1, 0.15) is 24.4 Å². The zero-order valence-electron chi connectivity index (χ0n) is 17.0. The van der Waals surface area contributed by atoms with Gasteiger partial charge < -0.3 is 9.15 Å². The summed E-state index contributed by atoms with van der Waals surface area (Å²) < 4.78 is 12.3. The van der Waals surface area contributed by atoms with Gasteiger partial charge in [-0.15, -0.1) is 11.3 Å². The van der Waals surface area contributed by atoms with Crippen LogP contribution in [-0.4, -0.2) is 20.5 Å². The maximum atomic E-state index is 12.9. The zero-order valence-corrected chi connectivity index (χ0v) is 17.8. The molecule has 0 saturated carbocycles. The van der Waals surface area contributed by atoms with Crippen molar-refractivity contribution < 1.29 is 13.9 Å². The summed E-state index contributed by atoms with van der Waals surface area (Å²) in [4.78, 5) is 35.1. The number of benzene rings is 2. The SMILES string of the molecule is Cc1nc2ccccc2c(=O)n1-c1ccc(C(=O)OCc2coc(-c3cccs3)n2)cc1. The van der Waals surface area contributed by atoms with E-state index < -0.39 is 5.97 Å². The van der Waals surface area contributed by atoms with Crippen molar-refractivity contribution in [3.05, 3.63) is 99.7 Å². The highest BCUT2D eigenvalue weighted by Crippen LogP contribution is 2.24. The van der Waals surface area contributed by atoms with E-state index in [1.54, 1.807) is 37.3 Å². The molecule has 5 rings (SSSR count). The number of esters is 1. The van der Waals surface area contributed by atoms with E-state index in [-0.39, 0.29) is 12.2 Å². The lowest BCUT2D eigenvalue weighted by Crippen LogP contribution is -2.22. The molecule has 0 unspecified atom stereocenters. The summed E-state index contributed by atoms with van der Waals surface area (Å²) in [6.45, 7) is 1.78. The van der Waals surface area contributed by atoms with Crippen molar-refractivity contribution in [2.45, 2.75) is 13.5 Å². The lowest BCUT2D eigenvalue weighted by Gasteiger charge is -2.11. The summed E-state index contributed by atoms with van der Waals surface area (Å²) in [6, 6.07) is 17.7. The fourth-order valence-corrected chi connectivity index (χ4v) is 4.06. The van der Waals surface area contributed by atoms with Gasteiger partial charge in [0.25, 0.3) is 5.56 Å². The van der Waals surface area contributed by atoms with Gasteiger partial charge in [-0.2, -0.15) is 0 Å². The average molecular weight is 443 g/mol. The summed E-state index contributed by atoms with van der Waals surface area (Å²) in [6.07, 6.45) is 1.48. The molecular weight excluding hydrogens is 426 g/mol. The van der Waals surface area contributed by atoms with E-state index >= 15 is 0 Å². The number of carbonyl (C=O) groups is 1. The molecule has 0 radical (unpaired) electrons. The van der Waals surface area contributed by atoms with Crippen molar-refractivity contribution in [1.82, 2.24) is 14.5 Å². The quantitative estimate of drug-likeness (QED) is 0.364. The van der Waals surface area contributed by atoms with Crippen LogP contribution in [0.5, 0.6) is 0 Å². The highest BCUT2D eigenvalue weighted by Gasteiger charge is 2.13. The summed E-state index contributed by atoms with van der Waals surface area (Å²) in [5, 5.41) is 2.48. The number of aromatic nitrogens is 3. The second kappa shape index (κ2) is 8.24. The predicted octanol–water partition coefficient (Wildman–Crippen LogP) is 4.77. The zero-order chi connectivity index (χ0) is 22.1. The van der Waals surface area contributed by atoms with Gasteiger partial charge in [-0.1, -0.05) is 18.2 Å². The van der Waals surface area contributed by atoms with E-state index in [1.807, 2.05) is 35.7 Å². The van der Waals surface area contributed by atoms with E-state index in [0.717, 1.165) is 4.88 Å². The third-order valence-electron chi connectivity index (χ3n) is 4.94. The molecule has 0 atom stereocenters. The molecule has 3 heterocycles. The predicted molar refractivity (Wildman–Crippen MR) is 121 cm³/mol. The number of rotatable bonds is 5. The Morgan fingerprint density at radius 3 is 2.66 bits per heavy atom. The van der Waals surface area contributed by atoms with Gasteiger partial charge in [-0.3, -0.25) is 9.36 Å². The Hall–Kier alpha value is -4.04. The molecule has 3 aromatic heterocycles. The number of hydrogen-bond donors (Lipinski definition) is 0. The first-order chi connectivity index (χ1) is 15.6. The highest BCUT2D eigenvalue weighted by atomic mass is 32.1. The Bertz CT molecular complexity index is 1470. The van der Waals surface area contributed by atoms with Crippen LogP contribution < -0.4 is 5.56 Å². The fourth-order valence-electron chi connectivity index (χ4n) is 3.40. The lowest BCUT2D eigenvalue weighted by atomic mass is 10.2. The summed E-state index contributed by atoms with van der Waals surface area (Å²) in [5.41, 5.74) is 2.02. The fraction of sp³-hybridized carbons (Fsp3) is 0.0833. The Morgan fingerprint density at radius 1 is 1.06 bits per heavy atom. The number of para-hydroxylation sites is 1. The van der Waals surface area contributed by atoms with Crippen LogP contribution in [0.2, 0.25) is 0 Å². The third kappa shape index (κ3) is 3.72. The molecule has 32 heavy (non-hydrogen) atoms. The van der Waals surface area contributed by atoms with Crippen LogP contribution in [0.4, 0.5) is 0 Å². The van der Waals surface area contributed by atoms with Crippen LogP contribution in [0.1, 0.15) is 21.9 Å². The Kier molecular flexibility index (Phi) is 5.12. The van der Waals surface area contributed by atoms with Crippen molar-refractivity contribution >= 4 is 28.2 Å². The van der Waals surface area contributed by atoms with E-state index in [9.17, 15) is 9.59 Å². The number of aryl methyl sites for hydroxylation is 1. The highest BCUT2D eigenvalue weighted by molar-refractivity contribution is 7.13. The van der Waals surface area contributed by atoms with E-state index in [2.05, 4.69) is 9.97 Å². The minimum atomic E-state index is -0.488. The Morgan fingerprint density at radius 2 is 1.88 bits per heavy atom. The van der Waals surface area contributed by atoms with Crippen LogP contribution in [0.3, 0.4) is 0 Å². The van der Waals surface area contributed by atoms with Crippen molar-refractivity contribution in [3.8, 4) is 16.5 Å². The number of fused-ring (bicyclic) bond motifs is 1. The van der Waals surface area contributed by atoms with Gasteiger partial charge in [0.05, 0.1) is 27.0 Å². The molecule has 158 valence electrons. The molecule has 7 nitrogen and oxygen atoms in total. The number of hydrogen-bond acceptors (Lipinski definition) is 7. The lowest BCUT2D eigenvalue weighted by molar-refractivity contribution is 0.0468. The van der Waals surface area contributed by atoms with Crippen molar-refractivity contribution in [3.63, 3.8) is 0 Å². The molecule has 0 saturated heterocycles. The molecular formula is C24H17N3O4S. The maximum Gasteiger partial charge on any atom is 0.338 e. The number of oxazole rings is 1. The number of carbonyl (C=O) groups excluding carboxylic acids is 1. The van der Waals surface area contributed by atoms with Crippen LogP contribution in [0.25, 0.3) is 27.4 Å². The van der Waals surface area contributed by atoms with Crippen LogP contribution in [0, 0.1) is 6.92 Å². The van der Waals surface area contributed by atoms with E-state index in [4.69, 9.17) is 9.15 Å². The minimum Gasteiger partial charge on any atom is -0.455 e. The molecule has 0 aliphatic rings. The molecule has 5 aromatic rings. The van der Waals surface area contributed by atoms with E-state index in [0.29, 0.717) is 39.6 Å². The molecule has 0 fully saturated rings. The number of ether oxygens (including phenoxy) is 1. The second-order valence-electron chi connectivity index (χ2n) is 7.06. The van der Waals surface area contributed by atoms with Crippen LogP contribution in [0.15, 0.2) is 81.5 Å². The molecule has 8 heteroatoms. The summed E-state index contributed by atoms with van der Waals surface area (Å²) in [5.74, 6) is 0.578. The molecule has 0 aliphatic carbocycles. The number of nitrogens with zero attached hydrogens (tertiary/aromatic N) is 3. The standard InChI is InChI=1S/C24H17N3O4S/c1-15-25-20-6-3-2-5-19(20)23(28)27(15)18-10-8-16(9-11-18)24(29)31-14-17-13-30-22(26-17)21-7-4-12-32-21/h2-13H,14H2,1H3. The topological polar surface area (TPSA) is 87.2 Å². The van der Waals surface area contributed by atoms with Gasteiger partial charge in [0, 0.05) is 0 Å². The minimum absolute atomic E-state index is 0.00260. The van der Waals surface area contributed by atoms with Gasteiger partial charge in [0.2, 0.25) is 5.89 Å². The van der Waals surface area contributed by atoms with Gasteiger partial charge >= 0.3 is 5.97 Å². The first-order valence-corrected chi connectivity index (χ1v) is 10.7. The van der Waals surface area contributed by atoms with Crippen LogP contribution in [-0.2, 0) is 11.3 Å². The normalized spacial score (nSPS) is 11.0. The monoisotopic (exact) mass is 443 g/mol. The van der Waals surface area contributed by atoms with Crippen molar-refractivity contribution in [2.24, 2.45) is 0 Å². The Balaban J connectivity index is 1.32. The first kappa shape index (κ1) is 19.9. The first-order valence-electron chi connectivity index (χ1n) is 9.84.